The molecule has 1 N–H and O–H groups in total. The quantitative estimate of drug-likeness (QED) is 0.804. The Morgan fingerprint density at radius 2 is 1.86 bits per heavy atom. The Kier molecular flexibility index (Phi) is 4.57. The first-order valence-electron chi connectivity index (χ1n) is 9.47. The zero-order valence-corrected chi connectivity index (χ0v) is 17.1. The Bertz CT molecular complexity index is 939. The predicted octanol–water partition coefficient (Wildman–Crippen LogP) is 3.53. The number of hydrogen-bond acceptors (Lipinski definition) is 5. The lowest BCUT2D eigenvalue weighted by Gasteiger charge is -2.33. The van der Waals surface area contributed by atoms with E-state index in [0.29, 0.717) is 22.2 Å². The van der Waals surface area contributed by atoms with Crippen molar-refractivity contribution in [1.29, 1.82) is 0 Å². The number of nitrogens with zero attached hydrogens (tertiary/aromatic N) is 2. The normalized spacial score (nSPS) is 18.8. The zero-order valence-electron chi connectivity index (χ0n) is 16.2. The summed E-state index contributed by atoms with van der Waals surface area (Å²) in [6.45, 7) is 6.47. The standard InChI is InChI=1S/C21H23N3O3S/c1-21(2,3)12-8-9-15-16(10-12)28-20(22-15)23-17(25)11-24-18(26)13-6-4-5-7-14(13)19(24)27/h4-7,12H,8-11H2,1-3H3,(H,22,23,25). The lowest BCUT2D eigenvalue weighted by atomic mass is 9.73. The maximum atomic E-state index is 12.5. The van der Waals surface area contributed by atoms with E-state index in [4.69, 9.17) is 0 Å². The van der Waals surface area contributed by atoms with E-state index in [-0.39, 0.29) is 12.0 Å². The van der Waals surface area contributed by atoms with Crippen LogP contribution in [0.1, 0.15) is 58.5 Å². The molecule has 1 atom stereocenters. The Balaban J connectivity index is 1.43. The largest absolute Gasteiger partial charge is 0.300 e. The lowest BCUT2D eigenvalue weighted by molar-refractivity contribution is -0.116. The fraction of sp³-hybridized carbons (Fsp3) is 0.429. The average Bonchev–Trinajstić information content (AvgIpc) is 3.14. The molecule has 1 unspecified atom stereocenters. The smallest absolute Gasteiger partial charge is 0.262 e. The minimum absolute atomic E-state index is 0.247. The van der Waals surface area contributed by atoms with Gasteiger partial charge in [0, 0.05) is 4.88 Å². The van der Waals surface area contributed by atoms with E-state index in [0.717, 1.165) is 29.9 Å². The van der Waals surface area contributed by atoms with Gasteiger partial charge in [-0.15, -0.1) is 11.3 Å². The van der Waals surface area contributed by atoms with Gasteiger partial charge in [-0.1, -0.05) is 32.9 Å². The van der Waals surface area contributed by atoms with E-state index < -0.39 is 17.7 Å². The number of nitrogens with one attached hydrogen (secondary N) is 1. The lowest BCUT2D eigenvalue weighted by Crippen LogP contribution is -2.37. The third-order valence-electron chi connectivity index (χ3n) is 5.59. The van der Waals surface area contributed by atoms with Crippen LogP contribution in [0.3, 0.4) is 0 Å². The van der Waals surface area contributed by atoms with Crippen LogP contribution >= 0.6 is 11.3 Å². The summed E-state index contributed by atoms with van der Waals surface area (Å²) in [6, 6.07) is 6.62. The Morgan fingerprint density at radius 3 is 2.46 bits per heavy atom. The van der Waals surface area contributed by atoms with Crippen molar-refractivity contribution in [1.82, 2.24) is 9.88 Å². The molecule has 2 heterocycles. The first-order valence-corrected chi connectivity index (χ1v) is 10.3. The van der Waals surface area contributed by atoms with Crippen molar-refractivity contribution in [3.05, 3.63) is 46.0 Å². The molecule has 4 rings (SSSR count). The highest BCUT2D eigenvalue weighted by Crippen LogP contribution is 2.40. The van der Waals surface area contributed by atoms with Gasteiger partial charge in [0.2, 0.25) is 5.91 Å². The first kappa shape index (κ1) is 18.8. The van der Waals surface area contributed by atoms with Crippen LogP contribution in [0.15, 0.2) is 24.3 Å². The molecule has 2 aromatic rings. The number of fused-ring (bicyclic) bond motifs is 2. The summed E-state index contributed by atoms with van der Waals surface area (Å²) in [6.07, 6.45) is 3.00. The molecule has 1 aromatic carbocycles. The van der Waals surface area contributed by atoms with E-state index in [9.17, 15) is 14.4 Å². The van der Waals surface area contributed by atoms with Crippen LogP contribution in [0, 0.1) is 11.3 Å². The van der Waals surface area contributed by atoms with Crippen LogP contribution in [0.4, 0.5) is 5.13 Å². The van der Waals surface area contributed by atoms with Crippen molar-refractivity contribution in [3.8, 4) is 0 Å². The summed E-state index contributed by atoms with van der Waals surface area (Å²) in [7, 11) is 0. The van der Waals surface area contributed by atoms with Crippen LogP contribution in [0.25, 0.3) is 0 Å². The van der Waals surface area contributed by atoms with Gasteiger partial charge < -0.3 is 5.32 Å². The number of imide groups is 1. The molecule has 146 valence electrons. The van der Waals surface area contributed by atoms with Crippen molar-refractivity contribution < 1.29 is 14.4 Å². The summed E-state index contributed by atoms with van der Waals surface area (Å²) in [5.41, 5.74) is 1.99. The van der Waals surface area contributed by atoms with Crippen molar-refractivity contribution >= 4 is 34.2 Å². The topological polar surface area (TPSA) is 79.4 Å². The van der Waals surface area contributed by atoms with Crippen LogP contribution in [-0.4, -0.2) is 34.2 Å². The number of aryl methyl sites for hydroxylation is 1. The monoisotopic (exact) mass is 397 g/mol. The maximum Gasteiger partial charge on any atom is 0.262 e. The molecule has 0 saturated carbocycles. The minimum Gasteiger partial charge on any atom is -0.300 e. The van der Waals surface area contributed by atoms with Gasteiger partial charge in [0.15, 0.2) is 5.13 Å². The fourth-order valence-electron chi connectivity index (χ4n) is 3.85. The van der Waals surface area contributed by atoms with Crippen LogP contribution in [-0.2, 0) is 17.6 Å². The summed E-state index contributed by atoms with van der Waals surface area (Å²) < 4.78 is 0. The summed E-state index contributed by atoms with van der Waals surface area (Å²) in [5.74, 6) is -0.667. The van der Waals surface area contributed by atoms with Crippen molar-refractivity contribution in [2.75, 3.05) is 11.9 Å². The molecular formula is C21H23N3O3S. The molecular weight excluding hydrogens is 374 g/mol. The zero-order chi connectivity index (χ0) is 20.1. The number of amides is 3. The van der Waals surface area contributed by atoms with Crippen LogP contribution in [0.2, 0.25) is 0 Å². The molecule has 0 radical (unpaired) electrons. The molecule has 1 aliphatic carbocycles. The molecule has 0 bridgehead atoms. The Labute approximate surface area is 168 Å². The van der Waals surface area contributed by atoms with Crippen molar-refractivity contribution in [2.45, 2.75) is 40.0 Å². The highest BCUT2D eigenvalue weighted by molar-refractivity contribution is 7.15. The number of carbonyl (C=O) groups is 3. The number of benzene rings is 1. The highest BCUT2D eigenvalue weighted by Gasteiger charge is 2.36. The molecule has 0 fully saturated rings. The van der Waals surface area contributed by atoms with E-state index in [1.165, 1.54) is 16.2 Å². The molecule has 0 spiro atoms. The molecule has 6 nitrogen and oxygen atoms in total. The van der Waals surface area contributed by atoms with Gasteiger partial charge >= 0.3 is 0 Å². The molecule has 3 amide bonds. The number of anilines is 1. The average molecular weight is 398 g/mol. The molecule has 28 heavy (non-hydrogen) atoms. The fourth-order valence-corrected chi connectivity index (χ4v) is 4.96. The molecule has 1 aromatic heterocycles. The molecule has 1 aliphatic heterocycles. The summed E-state index contributed by atoms with van der Waals surface area (Å²) in [5, 5.41) is 3.31. The number of hydrogen-bond donors (Lipinski definition) is 1. The van der Waals surface area contributed by atoms with Gasteiger partial charge in [-0.25, -0.2) is 4.98 Å². The van der Waals surface area contributed by atoms with E-state index in [1.807, 2.05) is 0 Å². The second kappa shape index (κ2) is 6.81. The number of aromatic nitrogens is 1. The highest BCUT2D eigenvalue weighted by atomic mass is 32.1. The van der Waals surface area contributed by atoms with Gasteiger partial charge in [-0.2, -0.15) is 0 Å². The van der Waals surface area contributed by atoms with Gasteiger partial charge in [0.05, 0.1) is 16.8 Å². The third kappa shape index (κ3) is 3.35. The van der Waals surface area contributed by atoms with E-state index in [1.54, 1.807) is 24.3 Å². The second-order valence-corrected chi connectivity index (χ2v) is 9.57. The SMILES string of the molecule is CC(C)(C)C1CCc2nc(NC(=O)CN3C(=O)c4ccccc4C3=O)sc2C1. The number of carbonyl (C=O) groups excluding carboxylic acids is 3. The minimum atomic E-state index is -0.429. The first-order chi connectivity index (χ1) is 13.2. The van der Waals surface area contributed by atoms with Crippen LogP contribution < -0.4 is 5.32 Å². The van der Waals surface area contributed by atoms with E-state index in [2.05, 4.69) is 31.1 Å². The third-order valence-corrected chi connectivity index (χ3v) is 6.63. The predicted molar refractivity (Wildman–Crippen MR) is 108 cm³/mol. The van der Waals surface area contributed by atoms with Gasteiger partial charge in [0.1, 0.15) is 6.54 Å². The van der Waals surface area contributed by atoms with Gasteiger partial charge in [-0.05, 0) is 42.7 Å². The van der Waals surface area contributed by atoms with Gasteiger partial charge in [-0.3, -0.25) is 19.3 Å². The van der Waals surface area contributed by atoms with E-state index >= 15 is 0 Å². The van der Waals surface area contributed by atoms with Crippen molar-refractivity contribution in [3.63, 3.8) is 0 Å². The number of thiazole rings is 1. The second-order valence-electron chi connectivity index (χ2n) is 8.48. The Hall–Kier alpha value is -2.54. The molecule has 0 saturated heterocycles. The van der Waals surface area contributed by atoms with Gasteiger partial charge in [0.25, 0.3) is 11.8 Å². The number of rotatable bonds is 3. The maximum absolute atomic E-state index is 12.5. The molecule has 2 aliphatic rings. The Morgan fingerprint density at radius 1 is 1.21 bits per heavy atom. The summed E-state index contributed by atoms with van der Waals surface area (Å²) in [4.78, 5) is 44.0. The molecule has 7 heteroatoms. The van der Waals surface area contributed by atoms with Crippen LogP contribution in [0.5, 0.6) is 0 Å². The van der Waals surface area contributed by atoms with Crippen molar-refractivity contribution in [2.24, 2.45) is 11.3 Å². The summed E-state index contributed by atoms with van der Waals surface area (Å²) >= 11 is 1.50.